The monoisotopic (exact) mass is 368 g/mol. The molecule has 0 aliphatic carbocycles. The second-order valence-corrected chi connectivity index (χ2v) is 7.29. The summed E-state index contributed by atoms with van der Waals surface area (Å²) >= 11 is 0. The van der Waals surface area contributed by atoms with E-state index >= 15 is 0 Å². The molecule has 0 spiro atoms. The highest BCUT2D eigenvalue weighted by atomic mass is 16.5. The molecule has 0 N–H and O–H groups in total. The first kappa shape index (κ1) is 19.1. The van der Waals surface area contributed by atoms with Crippen LogP contribution in [0.3, 0.4) is 0 Å². The molecule has 0 bridgehead atoms. The van der Waals surface area contributed by atoms with E-state index in [0.717, 1.165) is 24.8 Å². The number of aryl methyl sites for hydroxylation is 1. The van der Waals surface area contributed by atoms with Crippen LogP contribution in [0.4, 0.5) is 5.95 Å². The SMILES string of the molecule is Cc1cc(OC(C)C(=O)N2CCN(c3ncccn3)CC2)ccc1C(C)C. The van der Waals surface area contributed by atoms with Crippen LogP contribution in [0.2, 0.25) is 0 Å². The molecule has 2 heterocycles. The van der Waals surface area contributed by atoms with E-state index in [1.165, 1.54) is 11.1 Å². The van der Waals surface area contributed by atoms with E-state index in [1.54, 1.807) is 18.5 Å². The molecule has 1 amide bonds. The van der Waals surface area contributed by atoms with E-state index in [9.17, 15) is 4.79 Å². The van der Waals surface area contributed by atoms with Gasteiger partial charge in [0.2, 0.25) is 5.95 Å². The van der Waals surface area contributed by atoms with Gasteiger partial charge in [-0.1, -0.05) is 19.9 Å². The number of rotatable bonds is 5. The van der Waals surface area contributed by atoms with Crippen LogP contribution in [0, 0.1) is 6.92 Å². The fraction of sp³-hybridized carbons (Fsp3) is 0.476. The van der Waals surface area contributed by atoms with Gasteiger partial charge in [-0.25, -0.2) is 9.97 Å². The summed E-state index contributed by atoms with van der Waals surface area (Å²) in [6, 6.07) is 7.86. The van der Waals surface area contributed by atoms with Gasteiger partial charge in [-0.05, 0) is 49.1 Å². The third kappa shape index (κ3) is 4.56. The molecule has 1 aliphatic heterocycles. The average molecular weight is 368 g/mol. The van der Waals surface area contributed by atoms with Gasteiger partial charge in [-0.2, -0.15) is 0 Å². The fourth-order valence-electron chi connectivity index (χ4n) is 3.46. The topological polar surface area (TPSA) is 58.6 Å². The molecular weight excluding hydrogens is 340 g/mol. The molecule has 1 unspecified atom stereocenters. The quantitative estimate of drug-likeness (QED) is 0.812. The predicted octanol–water partition coefficient (Wildman–Crippen LogP) is 3.02. The van der Waals surface area contributed by atoms with Crippen LogP contribution in [0.1, 0.15) is 37.8 Å². The summed E-state index contributed by atoms with van der Waals surface area (Å²) < 4.78 is 5.93. The molecular formula is C21H28N4O2. The van der Waals surface area contributed by atoms with Gasteiger partial charge in [0, 0.05) is 38.6 Å². The zero-order valence-electron chi connectivity index (χ0n) is 16.6. The summed E-state index contributed by atoms with van der Waals surface area (Å²) in [7, 11) is 0. The molecule has 1 aromatic heterocycles. The fourth-order valence-corrected chi connectivity index (χ4v) is 3.46. The van der Waals surface area contributed by atoms with Crippen molar-refractivity contribution in [2.75, 3.05) is 31.1 Å². The first-order valence-electron chi connectivity index (χ1n) is 9.53. The standard InChI is InChI=1S/C21H28N4O2/c1-15(2)19-7-6-18(14-16(19)3)27-17(4)20(26)24-10-12-25(13-11-24)21-22-8-5-9-23-21/h5-9,14-15,17H,10-13H2,1-4H3. The summed E-state index contributed by atoms with van der Waals surface area (Å²) in [5.74, 6) is 1.96. The van der Waals surface area contributed by atoms with Crippen LogP contribution < -0.4 is 9.64 Å². The summed E-state index contributed by atoms with van der Waals surface area (Å²) in [5, 5.41) is 0. The van der Waals surface area contributed by atoms with Crippen molar-refractivity contribution in [3.05, 3.63) is 47.8 Å². The van der Waals surface area contributed by atoms with E-state index in [-0.39, 0.29) is 5.91 Å². The van der Waals surface area contributed by atoms with Crippen LogP contribution in [-0.2, 0) is 4.79 Å². The normalized spacial score (nSPS) is 15.7. The van der Waals surface area contributed by atoms with Crippen LogP contribution in [0.25, 0.3) is 0 Å². The zero-order chi connectivity index (χ0) is 19.4. The van der Waals surface area contributed by atoms with Crippen molar-refractivity contribution in [1.29, 1.82) is 0 Å². The zero-order valence-corrected chi connectivity index (χ0v) is 16.6. The van der Waals surface area contributed by atoms with Crippen molar-refractivity contribution in [1.82, 2.24) is 14.9 Å². The Morgan fingerprint density at radius 1 is 1.07 bits per heavy atom. The highest BCUT2D eigenvalue weighted by Gasteiger charge is 2.27. The number of ether oxygens (including phenoxy) is 1. The lowest BCUT2D eigenvalue weighted by atomic mass is 9.98. The predicted molar refractivity (Wildman–Crippen MR) is 106 cm³/mol. The highest BCUT2D eigenvalue weighted by Crippen LogP contribution is 2.24. The van der Waals surface area contributed by atoms with Gasteiger partial charge in [-0.15, -0.1) is 0 Å². The molecule has 1 aromatic carbocycles. The Morgan fingerprint density at radius 2 is 1.74 bits per heavy atom. The Kier molecular flexibility index (Phi) is 5.94. The molecule has 1 aliphatic rings. The molecule has 1 saturated heterocycles. The maximum atomic E-state index is 12.8. The van der Waals surface area contributed by atoms with Gasteiger partial charge in [0.15, 0.2) is 6.10 Å². The summed E-state index contributed by atoms with van der Waals surface area (Å²) in [4.78, 5) is 25.3. The number of benzene rings is 1. The molecule has 3 rings (SSSR count). The van der Waals surface area contributed by atoms with Gasteiger partial charge in [0.05, 0.1) is 0 Å². The number of amides is 1. The lowest BCUT2D eigenvalue weighted by Crippen LogP contribution is -2.52. The average Bonchev–Trinajstić information content (AvgIpc) is 2.68. The summed E-state index contributed by atoms with van der Waals surface area (Å²) in [5.41, 5.74) is 2.50. The smallest absolute Gasteiger partial charge is 0.263 e. The van der Waals surface area contributed by atoms with E-state index < -0.39 is 6.10 Å². The first-order chi connectivity index (χ1) is 13.0. The largest absolute Gasteiger partial charge is 0.481 e. The number of hydrogen-bond donors (Lipinski definition) is 0. The number of nitrogens with zero attached hydrogens (tertiary/aromatic N) is 4. The van der Waals surface area contributed by atoms with Crippen LogP contribution in [-0.4, -0.2) is 53.1 Å². The second-order valence-electron chi connectivity index (χ2n) is 7.29. The van der Waals surface area contributed by atoms with Crippen molar-refractivity contribution in [3.8, 4) is 5.75 Å². The van der Waals surface area contributed by atoms with Crippen molar-refractivity contribution >= 4 is 11.9 Å². The van der Waals surface area contributed by atoms with Gasteiger partial charge in [0.1, 0.15) is 5.75 Å². The number of carbonyl (C=O) groups excluding carboxylic acids is 1. The van der Waals surface area contributed by atoms with E-state index in [0.29, 0.717) is 19.0 Å². The van der Waals surface area contributed by atoms with E-state index in [4.69, 9.17) is 4.74 Å². The molecule has 0 radical (unpaired) electrons. The van der Waals surface area contributed by atoms with Gasteiger partial charge in [0.25, 0.3) is 5.91 Å². The maximum Gasteiger partial charge on any atom is 0.263 e. The second kappa shape index (κ2) is 8.37. The third-order valence-electron chi connectivity index (χ3n) is 4.95. The summed E-state index contributed by atoms with van der Waals surface area (Å²) in [6.45, 7) is 11.0. The maximum absolute atomic E-state index is 12.8. The first-order valence-corrected chi connectivity index (χ1v) is 9.53. The Bertz CT molecular complexity index is 771. The molecule has 1 fully saturated rings. The molecule has 144 valence electrons. The van der Waals surface area contributed by atoms with Gasteiger partial charge in [-0.3, -0.25) is 4.79 Å². The lowest BCUT2D eigenvalue weighted by molar-refractivity contribution is -0.138. The number of carbonyl (C=O) groups is 1. The Balaban J connectivity index is 1.56. The molecule has 6 heteroatoms. The van der Waals surface area contributed by atoms with E-state index in [1.807, 2.05) is 24.0 Å². The van der Waals surface area contributed by atoms with Crippen LogP contribution in [0.15, 0.2) is 36.7 Å². The Hall–Kier alpha value is -2.63. The minimum atomic E-state index is -0.506. The highest BCUT2D eigenvalue weighted by molar-refractivity contribution is 5.81. The molecule has 2 aromatic rings. The molecule has 0 saturated carbocycles. The van der Waals surface area contributed by atoms with Crippen molar-refractivity contribution in [2.24, 2.45) is 0 Å². The van der Waals surface area contributed by atoms with Crippen LogP contribution >= 0.6 is 0 Å². The lowest BCUT2D eigenvalue weighted by Gasteiger charge is -2.35. The minimum absolute atomic E-state index is 0.0224. The van der Waals surface area contributed by atoms with E-state index in [2.05, 4.69) is 41.7 Å². The molecule has 1 atom stereocenters. The van der Waals surface area contributed by atoms with Crippen LogP contribution in [0.5, 0.6) is 5.75 Å². The number of hydrogen-bond acceptors (Lipinski definition) is 5. The molecule has 27 heavy (non-hydrogen) atoms. The Morgan fingerprint density at radius 3 is 2.33 bits per heavy atom. The Labute approximate surface area is 161 Å². The van der Waals surface area contributed by atoms with Crippen molar-refractivity contribution in [3.63, 3.8) is 0 Å². The van der Waals surface area contributed by atoms with Crippen molar-refractivity contribution < 1.29 is 9.53 Å². The number of anilines is 1. The third-order valence-corrected chi connectivity index (χ3v) is 4.95. The number of aromatic nitrogens is 2. The number of piperazine rings is 1. The van der Waals surface area contributed by atoms with Crippen molar-refractivity contribution in [2.45, 2.75) is 39.7 Å². The molecule has 6 nitrogen and oxygen atoms in total. The summed E-state index contributed by atoms with van der Waals surface area (Å²) in [6.07, 6.45) is 2.97. The van der Waals surface area contributed by atoms with Gasteiger partial charge < -0.3 is 14.5 Å². The van der Waals surface area contributed by atoms with Gasteiger partial charge >= 0.3 is 0 Å². The minimum Gasteiger partial charge on any atom is -0.481 e.